The van der Waals surface area contributed by atoms with Gasteiger partial charge >= 0.3 is 17.8 Å². The van der Waals surface area contributed by atoms with Gasteiger partial charge in [-0.15, -0.1) is 0 Å². The maximum atomic E-state index is 14.0. The van der Waals surface area contributed by atoms with Crippen LogP contribution in [-0.2, 0) is 14.3 Å². The van der Waals surface area contributed by atoms with Crippen molar-refractivity contribution in [3.63, 3.8) is 0 Å². The van der Waals surface area contributed by atoms with Gasteiger partial charge in [-0.1, -0.05) is 47.9 Å². The average Bonchev–Trinajstić information content (AvgIpc) is 3.36. The lowest BCUT2D eigenvalue weighted by atomic mass is 10.0. The number of hydrogen-bond acceptors (Lipinski definition) is 7. The van der Waals surface area contributed by atoms with Gasteiger partial charge in [-0.3, -0.25) is 9.36 Å². The van der Waals surface area contributed by atoms with E-state index < -0.39 is 42.9 Å². The summed E-state index contributed by atoms with van der Waals surface area (Å²) in [6.07, 6.45) is -7.01. The lowest BCUT2D eigenvalue weighted by molar-refractivity contribution is -0.173. The third-order valence-electron chi connectivity index (χ3n) is 6.27. The lowest BCUT2D eigenvalue weighted by Crippen LogP contribution is -2.38. The van der Waals surface area contributed by atoms with Crippen molar-refractivity contribution >= 4 is 11.7 Å². The highest BCUT2D eigenvalue weighted by atomic mass is 19.4. The van der Waals surface area contributed by atoms with Crippen molar-refractivity contribution in [2.24, 2.45) is 0 Å². The van der Waals surface area contributed by atoms with E-state index in [4.69, 9.17) is 15.2 Å². The predicted octanol–water partition coefficient (Wildman–Crippen LogP) is 2.56. The van der Waals surface area contributed by atoms with E-state index in [0.717, 1.165) is 15.7 Å². The second-order valence-corrected chi connectivity index (χ2v) is 9.31. The highest BCUT2D eigenvalue weighted by Gasteiger charge is 2.38. The quantitative estimate of drug-likeness (QED) is 0.217. The van der Waals surface area contributed by atoms with Crippen molar-refractivity contribution < 1.29 is 36.9 Å². The zero-order chi connectivity index (χ0) is 31.0. The molecule has 13 heteroatoms. The molecule has 2 heterocycles. The molecule has 1 aromatic heterocycles. The summed E-state index contributed by atoms with van der Waals surface area (Å²) in [5, 5.41) is 10.9. The Morgan fingerprint density at radius 1 is 1.09 bits per heavy atom. The van der Waals surface area contributed by atoms with Crippen LogP contribution in [0.25, 0.3) is 11.1 Å². The Morgan fingerprint density at radius 2 is 1.72 bits per heavy atom. The van der Waals surface area contributed by atoms with Crippen LogP contribution < -0.4 is 16.7 Å². The van der Waals surface area contributed by atoms with Crippen molar-refractivity contribution in [3.05, 3.63) is 81.9 Å². The summed E-state index contributed by atoms with van der Waals surface area (Å²) >= 11 is 0. The van der Waals surface area contributed by atoms with Crippen molar-refractivity contribution in [1.82, 2.24) is 14.9 Å². The Hall–Kier alpha value is -4.69. The smallest absolute Gasteiger partial charge is 0.394 e. The van der Waals surface area contributed by atoms with Crippen LogP contribution in [-0.4, -0.2) is 65.4 Å². The maximum Gasteiger partial charge on any atom is 0.471 e. The molecule has 0 aliphatic carbocycles. The molecule has 0 spiro atoms. The van der Waals surface area contributed by atoms with Crippen LogP contribution in [0.5, 0.6) is 0 Å². The number of halogens is 4. The van der Waals surface area contributed by atoms with Crippen molar-refractivity contribution in [2.45, 2.75) is 31.1 Å². The van der Waals surface area contributed by atoms with Crippen LogP contribution in [0, 0.1) is 23.7 Å². The molecular formula is C30H26F4N4O5. The second kappa shape index (κ2) is 14.0. The predicted molar refractivity (Wildman–Crippen MR) is 148 cm³/mol. The largest absolute Gasteiger partial charge is 0.471 e. The molecule has 4 N–H and O–H groups in total. The monoisotopic (exact) mass is 598 g/mol. The minimum atomic E-state index is -4.92. The first kappa shape index (κ1) is 31.3. The summed E-state index contributed by atoms with van der Waals surface area (Å²) in [6, 6.07) is 14.7. The van der Waals surface area contributed by atoms with E-state index in [1.54, 1.807) is 5.32 Å². The minimum Gasteiger partial charge on any atom is -0.394 e. The fourth-order valence-corrected chi connectivity index (χ4v) is 4.04. The summed E-state index contributed by atoms with van der Waals surface area (Å²) in [4.78, 5) is 26.8. The van der Waals surface area contributed by atoms with Gasteiger partial charge in [-0.25, -0.2) is 9.18 Å². The van der Waals surface area contributed by atoms with Gasteiger partial charge in [-0.2, -0.15) is 18.2 Å². The lowest BCUT2D eigenvalue weighted by Gasteiger charge is -2.14. The fourth-order valence-electron chi connectivity index (χ4n) is 4.04. The summed E-state index contributed by atoms with van der Waals surface area (Å²) < 4.78 is 61.9. The number of ether oxygens (including phenoxy) is 2. The minimum absolute atomic E-state index is 0.00843. The molecule has 3 atom stereocenters. The topological polar surface area (TPSA) is 129 Å². The molecule has 0 radical (unpaired) electrons. The van der Waals surface area contributed by atoms with Crippen LogP contribution in [0.1, 0.15) is 29.3 Å². The van der Waals surface area contributed by atoms with E-state index in [9.17, 15) is 32.3 Å². The summed E-state index contributed by atoms with van der Waals surface area (Å²) in [6.45, 7) is -0.889. The van der Waals surface area contributed by atoms with Crippen LogP contribution in [0.2, 0.25) is 0 Å². The van der Waals surface area contributed by atoms with Gasteiger partial charge in [0.15, 0.2) is 0 Å². The number of aliphatic hydroxyl groups excluding tert-OH is 1. The van der Waals surface area contributed by atoms with Gasteiger partial charge in [-0.05, 0) is 35.4 Å². The van der Waals surface area contributed by atoms with Gasteiger partial charge in [0.25, 0.3) is 0 Å². The number of carbonyl (C=O) groups is 1. The molecule has 0 bridgehead atoms. The number of anilines is 1. The molecule has 4 rings (SSSR count). The van der Waals surface area contributed by atoms with Crippen LogP contribution in [0.3, 0.4) is 0 Å². The molecular weight excluding hydrogens is 572 g/mol. The molecule has 224 valence electrons. The maximum absolute atomic E-state index is 14.0. The Labute approximate surface area is 243 Å². The number of nitrogen functional groups attached to an aromatic ring is 1. The number of nitrogens with two attached hydrogens (primary N) is 1. The highest BCUT2D eigenvalue weighted by Crippen LogP contribution is 2.30. The standard InChI is InChI=1S/C30H26F4N4O5/c31-24-16-26(43-25(24)18-39)38-17-23(27(35)37-29(38)41)12-7-20-5-10-22(11-6-20)21-8-3-19(4-9-21)2-1-14-42-15-13-36-28(40)30(32,33)34/h3-6,8-11,17,24-26,39H,13-16,18H2,(H,36,40)(H2,35,37,41). The van der Waals surface area contributed by atoms with E-state index in [1.165, 1.54) is 6.20 Å². The second-order valence-electron chi connectivity index (χ2n) is 9.31. The molecule has 1 aliphatic heterocycles. The van der Waals surface area contributed by atoms with Crippen molar-refractivity contribution in [2.75, 3.05) is 32.1 Å². The fraction of sp³-hybridized carbons (Fsp3) is 0.300. The first-order chi connectivity index (χ1) is 20.5. The molecule has 9 nitrogen and oxygen atoms in total. The van der Waals surface area contributed by atoms with E-state index in [2.05, 4.69) is 28.7 Å². The number of aromatic nitrogens is 2. The molecule has 43 heavy (non-hydrogen) atoms. The Kier molecular flexibility index (Phi) is 10.2. The molecule has 3 unspecified atom stereocenters. The molecule has 1 aliphatic rings. The molecule has 3 aromatic rings. The van der Waals surface area contributed by atoms with Crippen LogP contribution in [0.4, 0.5) is 23.4 Å². The number of nitrogens with one attached hydrogen (secondary N) is 1. The Morgan fingerprint density at radius 3 is 2.30 bits per heavy atom. The molecule has 1 fully saturated rings. The SMILES string of the molecule is Nc1nc(=O)n(C2CC(F)C(CO)O2)cc1C#Cc1ccc(-c2ccc(C#CCOCCNC(=O)C(F)(F)F)cc2)cc1. The summed E-state index contributed by atoms with van der Waals surface area (Å²) in [5.41, 5.74) is 8.67. The third kappa shape index (κ3) is 8.42. The average molecular weight is 599 g/mol. The molecule has 1 amide bonds. The Bertz CT molecular complexity index is 1620. The van der Waals surface area contributed by atoms with E-state index in [-0.39, 0.29) is 37.6 Å². The number of benzene rings is 2. The first-order valence-corrected chi connectivity index (χ1v) is 13.0. The van der Waals surface area contributed by atoms with Gasteiger partial charge in [0, 0.05) is 30.3 Å². The molecule has 1 saturated heterocycles. The van der Waals surface area contributed by atoms with E-state index in [1.807, 2.05) is 48.5 Å². The van der Waals surface area contributed by atoms with Crippen molar-refractivity contribution in [3.8, 4) is 34.8 Å². The zero-order valence-corrected chi connectivity index (χ0v) is 22.5. The van der Waals surface area contributed by atoms with Gasteiger partial charge in [0.1, 0.15) is 30.9 Å². The van der Waals surface area contributed by atoms with E-state index in [0.29, 0.717) is 11.1 Å². The number of rotatable bonds is 7. The van der Waals surface area contributed by atoms with Crippen molar-refractivity contribution in [1.29, 1.82) is 0 Å². The summed E-state index contributed by atoms with van der Waals surface area (Å²) in [7, 11) is 0. The number of hydrogen-bond donors (Lipinski definition) is 3. The number of carbonyl (C=O) groups excluding carboxylic acids is 1. The number of alkyl halides is 4. The molecule has 2 aromatic carbocycles. The third-order valence-corrected chi connectivity index (χ3v) is 6.27. The number of aliphatic hydroxyl groups is 1. The first-order valence-electron chi connectivity index (χ1n) is 13.0. The van der Waals surface area contributed by atoms with Gasteiger partial charge in [0.2, 0.25) is 0 Å². The van der Waals surface area contributed by atoms with E-state index >= 15 is 0 Å². The van der Waals surface area contributed by atoms with Crippen LogP contribution >= 0.6 is 0 Å². The highest BCUT2D eigenvalue weighted by molar-refractivity contribution is 5.81. The number of amides is 1. The molecule has 0 saturated carbocycles. The van der Waals surface area contributed by atoms with Gasteiger partial charge < -0.3 is 25.6 Å². The normalized spacial score (nSPS) is 17.8. The Balaban J connectivity index is 1.33. The number of nitrogens with zero attached hydrogens (tertiary/aromatic N) is 2. The van der Waals surface area contributed by atoms with Crippen LogP contribution in [0.15, 0.2) is 59.5 Å². The summed E-state index contributed by atoms with van der Waals surface area (Å²) in [5.74, 6) is 9.42. The van der Waals surface area contributed by atoms with Gasteiger partial charge in [0.05, 0.1) is 18.8 Å². The zero-order valence-electron chi connectivity index (χ0n) is 22.5.